The van der Waals surface area contributed by atoms with Crippen LogP contribution in [0.2, 0.25) is 26.2 Å². The van der Waals surface area contributed by atoms with E-state index < -0.39 is 35.2 Å². The van der Waals surface area contributed by atoms with Gasteiger partial charge in [0.1, 0.15) is 94.4 Å². The number of hydrogen-bond acceptors (Lipinski definition) is 16. The summed E-state index contributed by atoms with van der Waals surface area (Å²) in [5.41, 5.74) is 0. The molecule has 41 heavy (non-hydrogen) atoms. The summed E-state index contributed by atoms with van der Waals surface area (Å²) < 4.78 is 23.3. The zero-order valence-electron chi connectivity index (χ0n) is 22.0. The van der Waals surface area contributed by atoms with Crippen molar-refractivity contribution in [2.45, 2.75) is 85.6 Å². The topological polar surface area (TPSA) is 269 Å². The lowest BCUT2D eigenvalue weighted by Crippen LogP contribution is -2.36. The van der Waals surface area contributed by atoms with E-state index in [9.17, 15) is 0 Å². The van der Waals surface area contributed by atoms with Crippen molar-refractivity contribution in [3.05, 3.63) is 0 Å². The van der Waals surface area contributed by atoms with Crippen molar-refractivity contribution in [3.63, 3.8) is 0 Å². The number of hydrogen-bond donors (Lipinski definition) is 11. The van der Waals surface area contributed by atoms with Crippen molar-refractivity contribution in [1.29, 1.82) is 0 Å². The van der Waals surface area contributed by atoms with Crippen molar-refractivity contribution < 1.29 is 73.3 Å². The molecule has 0 aliphatic carbocycles. The molecule has 0 spiro atoms. The fourth-order valence-electron chi connectivity index (χ4n) is 0.167. The van der Waals surface area contributed by atoms with Crippen LogP contribution in [0, 0.1) is 0 Å². The minimum atomic E-state index is -3.61. The standard InChI is InChI=1S/2CH10O3Si3.CH8O3Si2.CH6O3Si.8CH4.4H4OSi/c2*1-7(2,3-5)4-6;1-6(2,3)4-5;1-5(2,3)4;;;;;;;;;4*1-2/h2*2H,1,5-6H3;2-3H,1,5H3;2-4H,1H3;8*1H4;4*1H,2H3. The molecule has 278 valence electrons. The Morgan fingerprint density at radius 3 is 0.415 bits per heavy atom. The molecule has 0 rings (SSSR count). The molecule has 0 unspecified atom stereocenters. The predicted octanol–water partition coefficient (Wildman–Crippen LogP) is -11.2. The molecule has 0 amide bonds. The van der Waals surface area contributed by atoms with Crippen LogP contribution in [-0.4, -0.2) is 182 Å². The summed E-state index contributed by atoms with van der Waals surface area (Å²) in [5.74, 6) is 0. The van der Waals surface area contributed by atoms with Crippen molar-refractivity contribution in [1.82, 2.24) is 0 Å². The van der Waals surface area contributed by atoms with Gasteiger partial charge in [-0.2, -0.15) is 0 Å². The molecule has 0 atom stereocenters. The van der Waals surface area contributed by atoms with E-state index in [1.165, 1.54) is 6.55 Å². The first kappa shape index (κ1) is 104. The minimum absolute atomic E-state index is 0. The van der Waals surface area contributed by atoms with Crippen LogP contribution in [0.1, 0.15) is 59.4 Å². The smallest absolute Gasteiger partial charge is 0.442 e. The molecular formula is C12H82O16Si13. The van der Waals surface area contributed by atoms with E-state index in [-0.39, 0.29) is 59.4 Å². The van der Waals surface area contributed by atoms with Crippen LogP contribution in [0.4, 0.5) is 0 Å². The second-order valence-corrected chi connectivity index (χ2v) is 20.3. The summed E-state index contributed by atoms with van der Waals surface area (Å²) in [6.45, 7) is 5.53. The van der Waals surface area contributed by atoms with Gasteiger partial charge in [-0.3, -0.25) is 0 Å². The first-order valence-corrected chi connectivity index (χ1v) is 25.2. The highest BCUT2D eigenvalue weighted by atomic mass is 28.4. The van der Waals surface area contributed by atoms with Crippen molar-refractivity contribution in [2.75, 3.05) is 0 Å². The molecule has 0 fully saturated rings. The van der Waals surface area contributed by atoms with Gasteiger partial charge >= 0.3 is 35.2 Å². The summed E-state index contributed by atoms with van der Waals surface area (Å²) >= 11 is 0. The molecule has 0 aromatic rings. The molecule has 0 aromatic carbocycles. The van der Waals surface area contributed by atoms with E-state index in [2.05, 4.69) is 4.12 Å². The lowest BCUT2D eigenvalue weighted by Gasteiger charge is -2.14. The van der Waals surface area contributed by atoms with E-state index in [1.807, 2.05) is 0 Å². The predicted molar refractivity (Wildman–Crippen MR) is 220 cm³/mol. The molecule has 16 nitrogen and oxygen atoms in total. The monoisotopic (exact) mass is 846 g/mol. The van der Waals surface area contributed by atoms with Crippen LogP contribution in [0.25, 0.3) is 0 Å². The molecule has 0 saturated carbocycles. The Labute approximate surface area is 287 Å². The van der Waals surface area contributed by atoms with Crippen LogP contribution < -0.4 is 0 Å². The highest BCUT2D eigenvalue weighted by molar-refractivity contribution is 6.64. The molecule has 29 heteroatoms. The van der Waals surface area contributed by atoms with Crippen molar-refractivity contribution in [3.8, 4) is 0 Å². The summed E-state index contributed by atoms with van der Waals surface area (Å²) in [4.78, 5) is 86.3. The van der Waals surface area contributed by atoms with E-state index >= 15 is 0 Å². The Kier molecular flexibility index (Phi) is 187. The van der Waals surface area contributed by atoms with Crippen molar-refractivity contribution in [2.24, 2.45) is 0 Å². The minimum Gasteiger partial charge on any atom is -0.442 e. The molecule has 0 heterocycles. The van der Waals surface area contributed by atoms with Gasteiger partial charge in [0, 0.05) is 26.2 Å². The summed E-state index contributed by atoms with van der Waals surface area (Å²) in [6.07, 6.45) is 0. The van der Waals surface area contributed by atoms with Crippen LogP contribution in [-0.2, 0) is 20.6 Å². The molecule has 0 radical (unpaired) electrons. The summed E-state index contributed by atoms with van der Waals surface area (Å²) in [5, 5.41) is 0. The van der Waals surface area contributed by atoms with E-state index in [0.29, 0.717) is 94.4 Å². The lowest BCUT2D eigenvalue weighted by atomic mass is 11.9. The quantitative estimate of drug-likeness (QED) is 0.115. The van der Waals surface area contributed by atoms with E-state index in [4.69, 9.17) is 69.2 Å². The molecular weight excluding hydrogens is 765 g/mol. The highest BCUT2D eigenvalue weighted by Crippen LogP contribution is 1.94. The maximum atomic E-state index is 8.90. The molecule has 0 bridgehead atoms. The Balaban J connectivity index is -0.0000000127. The van der Waals surface area contributed by atoms with Gasteiger partial charge in [0.15, 0.2) is 0 Å². The van der Waals surface area contributed by atoms with E-state index in [0.717, 1.165) is 6.55 Å². The zero-order valence-corrected chi connectivity index (χ0v) is 44.0. The normalized spacial score (nSPS) is 10.9. The fourth-order valence-corrected chi connectivity index (χ4v) is 4.50. The third-order valence-corrected chi connectivity index (χ3v) is 17.1. The van der Waals surface area contributed by atoms with Gasteiger partial charge in [0.05, 0.1) is 0 Å². The van der Waals surface area contributed by atoms with Gasteiger partial charge in [0.25, 0.3) is 0 Å². The fraction of sp³-hybridized carbons (Fsp3) is 1.00. The largest absolute Gasteiger partial charge is 0.489 e. The maximum absolute atomic E-state index is 8.90. The zero-order chi connectivity index (χ0) is 29.5. The third kappa shape index (κ3) is 231. The highest BCUT2D eigenvalue weighted by Gasteiger charge is 2.24. The van der Waals surface area contributed by atoms with Crippen LogP contribution >= 0.6 is 0 Å². The SMILES string of the molecule is C.C.C.C.C.C.C.C.C[Si](O)(O)O.C[Si](O)(O)O[SiH3].C[Si](O)(O[SiH3])O[SiH3].C[Si](O)(O[SiH3])O[SiH3].O[SiH3].O[SiH3].O[SiH3].O[SiH3]. The van der Waals surface area contributed by atoms with E-state index in [1.54, 1.807) is 13.1 Å². The Morgan fingerprint density at radius 2 is 0.415 bits per heavy atom. The maximum Gasteiger partial charge on any atom is 0.489 e. The first-order valence-electron chi connectivity index (χ1n) is 8.42. The van der Waals surface area contributed by atoms with Gasteiger partial charge in [-0.1, -0.05) is 59.4 Å². The molecule has 0 saturated heterocycles. The second kappa shape index (κ2) is 73.6. The number of rotatable bonds is 5. The third-order valence-electron chi connectivity index (χ3n) is 1.90. The second-order valence-electron chi connectivity index (χ2n) is 4.72. The molecule has 0 aliphatic heterocycles. The molecule has 0 aromatic heterocycles. The Bertz CT molecular complexity index is 285. The van der Waals surface area contributed by atoms with Gasteiger partial charge < -0.3 is 73.3 Å². The summed E-state index contributed by atoms with van der Waals surface area (Å²) in [6, 6.07) is 0. The summed E-state index contributed by atoms with van der Waals surface area (Å²) in [7, 11) is -7.84. The average molecular weight is 848 g/mol. The average Bonchev–Trinajstić information content (AvgIpc) is 2.78. The first-order chi connectivity index (χ1) is 14.8. The van der Waals surface area contributed by atoms with Crippen LogP contribution in [0.3, 0.4) is 0 Å². The van der Waals surface area contributed by atoms with Gasteiger partial charge in [-0.05, 0) is 0 Å². The van der Waals surface area contributed by atoms with Gasteiger partial charge in [-0.25, -0.2) is 0 Å². The van der Waals surface area contributed by atoms with Gasteiger partial charge in [0.2, 0.25) is 0 Å². The van der Waals surface area contributed by atoms with Crippen LogP contribution in [0.5, 0.6) is 0 Å². The molecule has 0 aliphatic rings. The Hall–Kier alpha value is 2.18. The van der Waals surface area contributed by atoms with Crippen molar-refractivity contribution >= 4 is 130 Å². The Morgan fingerprint density at radius 1 is 0.341 bits per heavy atom. The lowest BCUT2D eigenvalue weighted by molar-refractivity contribution is 0.239. The molecule has 11 N–H and O–H groups in total. The van der Waals surface area contributed by atoms with Gasteiger partial charge in [-0.15, -0.1) is 0 Å². The van der Waals surface area contributed by atoms with Crippen LogP contribution in [0.15, 0.2) is 0 Å².